The van der Waals surface area contributed by atoms with E-state index in [4.69, 9.17) is 0 Å². The molecule has 0 amide bonds. The van der Waals surface area contributed by atoms with Gasteiger partial charge in [0.2, 0.25) is 10.0 Å². The first-order valence-corrected chi connectivity index (χ1v) is 10.6. The topological polar surface area (TPSA) is 68.2 Å². The molecule has 1 aromatic heterocycles. The van der Waals surface area contributed by atoms with E-state index in [0.717, 1.165) is 22.4 Å². The van der Waals surface area contributed by atoms with E-state index < -0.39 is 10.0 Å². The highest BCUT2D eigenvalue weighted by molar-refractivity contribution is 7.89. The van der Waals surface area contributed by atoms with Gasteiger partial charge in [-0.2, -0.15) is 0 Å². The van der Waals surface area contributed by atoms with Crippen LogP contribution in [0.3, 0.4) is 0 Å². The van der Waals surface area contributed by atoms with Crippen LogP contribution in [0, 0.1) is 5.82 Å². The zero-order chi connectivity index (χ0) is 18.7. The van der Waals surface area contributed by atoms with Crippen molar-refractivity contribution in [2.45, 2.75) is 31.2 Å². The lowest BCUT2D eigenvalue weighted by atomic mass is 10.1. The summed E-state index contributed by atoms with van der Waals surface area (Å²) in [4.78, 5) is 11.9. The molecule has 8 heteroatoms. The highest BCUT2D eigenvalue weighted by atomic mass is 32.2. The van der Waals surface area contributed by atoms with E-state index in [1.54, 1.807) is 22.8 Å². The predicted octanol–water partition coefficient (Wildman–Crippen LogP) is 3.13. The molecule has 0 saturated heterocycles. The largest absolute Gasteiger partial charge is 0.308 e. The van der Waals surface area contributed by atoms with E-state index in [-0.39, 0.29) is 22.1 Å². The fourth-order valence-electron chi connectivity index (χ4n) is 2.75. The van der Waals surface area contributed by atoms with Gasteiger partial charge in [0.1, 0.15) is 5.82 Å². The molecule has 0 fully saturated rings. The van der Waals surface area contributed by atoms with Crippen LogP contribution in [0.4, 0.5) is 4.39 Å². The summed E-state index contributed by atoms with van der Waals surface area (Å²) >= 11 is 1.04. The Labute approximate surface area is 155 Å². The molecule has 0 bridgehead atoms. The summed E-state index contributed by atoms with van der Waals surface area (Å²) in [5, 5.41) is 0. The number of aromatic nitrogens is 1. The molecular weight excluding hydrogens is 375 g/mol. The molecule has 3 aromatic rings. The van der Waals surface area contributed by atoms with Crippen molar-refractivity contribution in [3.8, 4) is 0 Å². The fraction of sp³-hybridized carbons (Fsp3) is 0.278. The van der Waals surface area contributed by atoms with E-state index in [2.05, 4.69) is 4.72 Å². The van der Waals surface area contributed by atoms with Crippen molar-refractivity contribution < 1.29 is 12.8 Å². The molecule has 0 aliphatic rings. The minimum Gasteiger partial charge on any atom is -0.299 e. The van der Waals surface area contributed by atoms with Gasteiger partial charge in [-0.15, -0.1) is 0 Å². The normalized spacial score (nSPS) is 11.9. The monoisotopic (exact) mass is 394 g/mol. The van der Waals surface area contributed by atoms with Crippen LogP contribution in [0.25, 0.3) is 10.2 Å². The van der Waals surface area contributed by atoms with Crippen molar-refractivity contribution >= 4 is 31.6 Å². The van der Waals surface area contributed by atoms with Crippen LogP contribution in [-0.2, 0) is 23.0 Å². The molecule has 26 heavy (non-hydrogen) atoms. The maximum Gasteiger partial charge on any atom is 0.308 e. The van der Waals surface area contributed by atoms with E-state index in [1.807, 2.05) is 6.92 Å². The van der Waals surface area contributed by atoms with Gasteiger partial charge in [0.25, 0.3) is 0 Å². The minimum atomic E-state index is -3.64. The molecule has 0 atom stereocenters. The lowest BCUT2D eigenvalue weighted by Crippen LogP contribution is -2.25. The summed E-state index contributed by atoms with van der Waals surface area (Å²) < 4.78 is 42.6. The van der Waals surface area contributed by atoms with Gasteiger partial charge in [-0.05, 0) is 55.7 Å². The number of nitrogens with zero attached hydrogens (tertiary/aromatic N) is 1. The summed E-state index contributed by atoms with van der Waals surface area (Å²) in [6.45, 7) is 2.71. The van der Waals surface area contributed by atoms with Crippen molar-refractivity contribution in [1.29, 1.82) is 0 Å². The minimum absolute atomic E-state index is 0.0932. The van der Waals surface area contributed by atoms with Crippen molar-refractivity contribution in [1.82, 2.24) is 9.29 Å². The smallest absolute Gasteiger partial charge is 0.299 e. The molecule has 1 N–H and O–H groups in total. The molecule has 3 rings (SSSR count). The van der Waals surface area contributed by atoms with Crippen molar-refractivity contribution in [2.75, 3.05) is 6.54 Å². The van der Waals surface area contributed by atoms with Crippen molar-refractivity contribution in [3.63, 3.8) is 0 Å². The van der Waals surface area contributed by atoms with Crippen LogP contribution >= 0.6 is 11.3 Å². The molecule has 5 nitrogen and oxygen atoms in total. The van der Waals surface area contributed by atoms with E-state index in [9.17, 15) is 17.6 Å². The summed E-state index contributed by atoms with van der Waals surface area (Å²) in [6, 6.07) is 10.9. The van der Waals surface area contributed by atoms with Crippen LogP contribution in [0.2, 0.25) is 0 Å². The second kappa shape index (κ2) is 7.69. The predicted molar refractivity (Wildman–Crippen MR) is 102 cm³/mol. The zero-order valence-electron chi connectivity index (χ0n) is 14.2. The maximum absolute atomic E-state index is 12.9. The Hall–Kier alpha value is -2.03. The third-order valence-corrected chi connectivity index (χ3v) is 6.51. The molecule has 0 spiro atoms. The van der Waals surface area contributed by atoms with Gasteiger partial charge in [0, 0.05) is 13.1 Å². The number of benzene rings is 2. The number of rotatable bonds is 7. The van der Waals surface area contributed by atoms with Crippen LogP contribution in [-0.4, -0.2) is 19.5 Å². The lowest BCUT2D eigenvalue weighted by molar-refractivity contribution is 0.579. The SMILES string of the molecule is CCn1c(=O)sc2cc(S(=O)(=O)NCCCc3ccc(F)cc3)ccc21. The Bertz CT molecular complexity index is 1070. The molecule has 0 aliphatic heterocycles. The highest BCUT2D eigenvalue weighted by Crippen LogP contribution is 2.21. The first-order chi connectivity index (χ1) is 12.4. The number of halogens is 1. The summed E-state index contributed by atoms with van der Waals surface area (Å²) in [5.74, 6) is -0.288. The standard InChI is InChI=1S/C18H19FN2O3S2/c1-2-21-16-10-9-15(12-17(16)25-18(21)22)26(23,24)20-11-3-4-13-5-7-14(19)8-6-13/h5-10,12,20H,2-4,11H2,1H3. The van der Waals surface area contributed by atoms with Crippen LogP contribution in [0.15, 0.2) is 52.2 Å². The van der Waals surface area contributed by atoms with Gasteiger partial charge in [-0.25, -0.2) is 17.5 Å². The first kappa shape index (κ1) is 18.8. The Kier molecular flexibility index (Phi) is 5.55. The molecule has 0 saturated carbocycles. The molecule has 0 aliphatic carbocycles. The number of thiazole rings is 1. The number of fused-ring (bicyclic) bond motifs is 1. The second-order valence-corrected chi connectivity index (χ2v) is 8.63. The van der Waals surface area contributed by atoms with E-state index >= 15 is 0 Å². The second-order valence-electron chi connectivity index (χ2n) is 5.87. The third-order valence-electron chi connectivity index (χ3n) is 4.11. The van der Waals surface area contributed by atoms with Crippen molar-refractivity contribution in [2.24, 2.45) is 0 Å². The number of aryl methyl sites for hydroxylation is 2. The van der Waals surface area contributed by atoms with Gasteiger partial charge in [-0.3, -0.25) is 9.36 Å². The Balaban J connectivity index is 1.67. The average molecular weight is 394 g/mol. The summed E-state index contributed by atoms with van der Waals surface area (Å²) in [7, 11) is -3.64. The molecule has 0 radical (unpaired) electrons. The fourth-order valence-corrected chi connectivity index (χ4v) is 4.92. The molecule has 138 valence electrons. The van der Waals surface area contributed by atoms with Gasteiger partial charge < -0.3 is 0 Å². The van der Waals surface area contributed by atoms with E-state index in [1.165, 1.54) is 24.3 Å². The van der Waals surface area contributed by atoms with Gasteiger partial charge >= 0.3 is 4.87 Å². The Morgan fingerprint density at radius 2 is 1.88 bits per heavy atom. The summed E-state index contributed by atoms with van der Waals surface area (Å²) in [5.41, 5.74) is 1.70. The average Bonchev–Trinajstić information content (AvgIpc) is 2.94. The third kappa shape index (κ3) is 4.03. The van der Waals surface area contributed by atoms with Gasteiger partial charge in [0.05, 0.1) is 15.1 Å². The first-order valence-electron chi connectivity index (χ1n) is 8.28. The molecule has 1 heterocycles. The molecule has 0 unspecified atom stereocenters. The van der Waals surface area contributed by atoms with Gasteiger partial charge in [0.15, 0.2) is 0 Å². The highest BCUT2D eigenvalue weighted by Gasteiger charge is 2.16. The number of nitrogens with one attached hydrogen (secondary N) is 1. The number of sulfonamides is 1. The maximum atomic E-state index is 12.9. The zero-order valence-corrected chi connectivity index (χ0v) is 15.9. The van der Waals surface area contributed by atoms with Crippen LogP contribution in [0.1, 0.15) is 18.9 Å². The van der Waals surface area contributed by atoms with Crippen LogP contribution < -0.4 is 9.60 Å². The molecular formula is C18H19FN2O3S2. The number of hydrogen-bond acceptors (Lipinski definition) is 4. The lowest BCUT2D eigenvalue weighted by Gasteiger charge is -2.07. The summed E-state index contributed by atoms with van der Waals surface area (Å²) in [6.07, 6.45) is 1.26. The van der Waals surface area contributed by atoms with Crippen LogP contribution in [0.5, 0.6) is 0 Å². The Morgan fingerprint density at radius 1 is 1.15 bits per heavy atom. The van der Waals surface area contributed by atoms with Crippen molar-refractivity contribution in [3.05, 3.63) is 63.5 Å². The van der Waals surface area contributed by atoms with E-state index in [0.29, 0.717) is 24.1 Å². The Morgan fingerprint density at radius 3 is 2.58 bits per heavy atom. The molecule has 2 aromatic carbocycles. The number of hydrogen-bond donors (Lipinski definition) is 1. The van der Waals surface area contributed by atoms with Gasteiger partial charge in [-0.1, -0.05) is 23.5 Å². The quantitative estimate of drug-likeness (QED) is 0.626.